The highest BCUT2D eigenvalue weighted by molar-refractivity contribution is 5.88. The van der Waals surface area contributed by atoms with Crippen LogP contribution in [0.2, 0.25) is 0 Å². The fourth-order valence-corrected chi connectivity index (χ4v) is 3.27. The first-order valence-electron chi connectivity index (χ1n) is 7.28. The first kappa shape index (κ1) is 14.3. The Hall–Kier alpha value is -1.10. The minimum absolute atomic E-state index is 0.115. The van der Waals surface area contributed by atoms with Gasteiger partial charge >= 0.3 is 5.97 Å². The Balaban J connectivity index is 1.96. The van der Waals surface area contributed by atoms with Crippen LogP contribution in [0.15, 0.2) is 0 Å². The summed E-state index contributed by atoms with van der Waals surface area (Å²) >= 11 is 0. The van der Waals surface area contributed by atoms with Crippen LogP contribution in [-0.4, -0.2) is 60.5 Å². The minimum atomic E-state index is -0.347. The van der Waals surface area contributed by atoms with Gasteiger partial charge in [-0.05, 0) is 32.2 Å². The van der Waals surface area contributed by atoms with E-state index in [4.69, 9.17) is 4.74 Å². The van der Waals surface area contributed by atoms with E-state index in [0.717, 1.165) is 38.9 Å². The van der Waals surface area contributed by atoms with Crippen molar-refractivity contribution in [2.24, 2.45) is 0 Å². The average Bonchev–Trinajstić information content (AvgIpc) is 2.81. The van der Waals surface area contributed by atoms with Gasteiger partial charge in [0.05, 0.1) is 7.11 Å². The van der Waals surface area contributed by atoms with Gasteiger partial charge in [-0.2, -0.15) is 0 Å². The highest BCUT2D eigenvalue weighted by Crippen LogP contribution is 2.27. The van der Waals surface area contributed by atoms with E-state index in [9.17, 15) is 9.59 Å². The molecule has 108 valence electrons. The Morgan fingerprint density at radius 3 is 2.58 bits per heavy atom. The van der Waals surface area contributed by atoms with Crippen molar-refractivity contribution in [3.05, 3.63) is 0 Å². The van der Waals surface area contributed by atoms with Gasteiger partial charge < -0.3 is 14.5 Å². The molecule has 2 aliphatic rings. The number of carbonyl (C=O) groups is 2. The number of carbonyl (C=O) groups excluding carboxylic acids is 2. The van der Waals surface area contributed by atoms with E-state index in [1.807, 2.05) is 0 Å². The predicted octanol–water partition coefficient (Wildman–Crippen LogP) is 1.02. The first-order chi connectivity index (χ1) is 9.17. The summed E-state index contributed by atoms with van der Waals surface area (Å²) in [6, 6.07) is -0.132. The van der Waals surface area contributed by atoms with Crippen molar-refractivity contribution < 1.29 is 14.3 Å². The van der Waals surface area contributed by atoms with Gasteiger partial charge in [-0.15, -0.1) is 0 Å². The maximum Gasteiger partial charge on any atom is 0.328 e. The van der Waals surface area contributed by atoms with Gasteiger partial charge in [0, 0.05) is 25.6 Å². The van der Waals surface area contributed by atoms with Crippen LogP contribution in [0.4, 0.5) is 0 Å². The molecule has 0 radical (unpaired) electrons. The number of nitrogens with zero attached hydrogens (tertiary/aromatic N) is 2. The molecule has 0 spiro atoms. The topological polar surface area (TPSA) is 49.9 Å². The number of esters is 1. The van der Waals surface area contributed by atoms with Crippen LogP contribution in [0.25, 0.3) is 0 Å². The fourth-order valence-electron chi connectivity index (χ4n) is 3.27. The second-order valence-electron chi connectivity index (χ2n) is 5.45. The predicted molar refractivity (Wildman–Crippen MR) is 71.6 cm³/mol. The normalized spacial score (nSPS) is 25.9. The Kier molecular flexibility index (Phi) is 4.80. The van der Waals surface area contributed by atoms with E-state index in [1.165, 1.54) is 7.11 Å². The third-order valence-electron chi connectivity index (χ3n) is 4.22. The fraction of sp³-hybridized carbons (Fsp3) is 0.857. The van der Waals surface area contributed by atoms with E-state index >= 15 is 0 Å². The van der Waals surface area contributed by atoms with Crippen LogP contribution < -0.4 is 0 Å². The number of methoxy groups -OCH3 is 1. The number of amides is 1. The SMILES string of the molecule is CCCN1CCC(N2C(=O)CCC2C(=O)OC)CC1. The summed E-state index contributed by atoms with van der Waals surface area (Å²) in [5.74, 6) is -0.147. The van der Waals surface area contributed by atoms with Gasteiger partial charge in [-0.25, -0.2) is 4.79 Å². The highest BCUT2D eigenvalue weighted by atomic mass is 16.5. The van der Waals surface area contributed by atoms with Gasteiger partial charge in [-0.1, -0.05) is 6.92 Å². The molecule has 2 rings (SSSR count). The van der Waals surface area contributed by atoms with Crippen molar-refractivity contribution in [3.63, 3.8) is 0 Å². The first-order valence-corrected chi connectivity index (χ1v) is 7.28. The zero-order chi connectivity index (χ0) is 13.8. The lowest BCUT2D eigenvalue weighted by molar-refractivity contribution is -0.151. The lowest BCUT2D eigenvalue weighted by Gasteiger charge is -2.38. The molecule has 5 heteroatoms. The molecule has 0 bridgehead atoms. The second-order valence-corrected chi connectivity index (χ2v) is 5.45. The van der Waals surface area contributed by atoms with Crippen molar-refractivity contribution in [2.45, 2.75) is 51.1 Å². The van der Waals surface area contributed by atoms with E-state index in [1.54, 1.807) is 4.90 Å². The Bertz CT molecular complexity index is 338. The zero-order valence-corrected chi connectivity index (χ0v) is 11.9. The number of likely N-dealkylation sites (tertiary alicyclic amines) is 2. The third-order valence-corrected chi connectivity index (χ3v) is 4.22. The number of piperidine rings is 1. The molecule has 2 saturated heterocycles. The van der Waals surface area contributed by atoms with Crippen LogP contribution in [0.3, 0.4) is 0 Å². The van der Waals surface area contributed by atoms with E-state index in [2.05, 4.69) is 11.8 Å². The molecule has 0 aromatic heterocycles. The van der Waals surface area contributed by atoms with E-state index < -0.39 is 0 Å². The van der Waals surface area contributed by atoms with Crippen LogP contribution in [0, 0.1) is 0 Å². The molecule has 0 aromatic carbocycles. The second kappa shape index (κ2) is 6.37. The van der Waals surface area contributed by atoms with Crippen LogP contribution in [-0.2, 0) is 14.3 Å². The molecule has 0 aliphatic carbocycles. The van der Waals surface area contributed by atoms with Gasteiger partial charge in [0.2, 0.25) is 5.91 Å². The summed E-state index contributed by atoms with van der Waals surface area (Å²) in [5.41, 5.74) is 0. The van der Waals surface area contributed by atoms with Crippen molar-refractivity contribution in [1.29, 1.82) is 0 Å². The van der Waals surface area contributed by atoms with Crippen LogP contribution in [0.1, 0.15) is 39.0 Å². The zero-order valence-electron chi connectivity index (χ0n) is 11.9. The molecule has 0 aromatic rings. The summed E-state index contributed by atoms with van der Waals surface area (Å²) in [4.78, 5) is 28.0. The maximum absolute atomic E-state index is 12.0. The van der Waals surface area contributed by atoms with Crippen LogP contribution in [0.5, 0.6) is 0 Å². The Labute approximate surface area is 114 Å². The van der Waals surface area contributed by atoms with Crippen molar-refractivity contribution in [3.8, 4) is 0 Å². The lowest BCUT2D eigenvalue weighted by Crippen LogP contribution is -2.50. The molecule has 0 saturated carbocycles. The number of ether oxygens (including phenoxy) is 1. The monoisotopic (exact) mass is 268 g/mol. The molecule has 5 nitrogen and oxygen atoms in total. The summed E-state index contributed by atoms with van der Waals surface area (Å²) in [6.07, 6.45) is 4.20. The summed E-state index contributed by atoms with van der Waals surface area (Å²) in [6.45, 7) is 5.36. The van der Waals surface area contributed by atoms with Gasteiger partial charge in [0.15, 0.2) is 0 Å². The highest BCUT2D eigenvalue weighted by Gasteiger charge is 2.41. The number of rotatable bonds is 4. The maximum atomic E-state index is 12.0. The Morgan fingerprint density at radius 2 is 2.00 bits per heavy atom. The van der Waals surface area contributed by atoms with Crippen molar-refractivity contribution in [1.82, 2.24) is 9.80 Å². The van der Waals surface area contributed by atoms with Gasteiger partial charge in [0.25, 0.3) is 0 Å². The molecule has 2 aliphatic heterocycles. The number of hydrogen-bond acceptors (Lipinski definition) is 4. The molecule has 1 amide bonds. The van der Waals surface area contributed by atoms with Crippen LogP contribution >= 0.6 is 0 Å². The standard InChI is InChI=1S/C14H24N2O3/c1-3-8-15-9-6-11(7-10-15)16-12(14(18)19-2)4-5-13(16)17/h11-12H,3-10H2,1-2H3. The molecule has 19 heavy (non-hydrogen) atoms. The summed E-state index contributed by atoms with van der Waals surface area (Å²) in [7, 11) is 1.40. The molecule has 2 heterocycles. The molecule has 0 N–H and O–H groups in total. The molecular weight excluding hydrogens is 244 g/mol. The number of hydrogen-bond donors (Lipinski definition) is 0. The summed E-state index contributed by atoms with van der Waals surface area (Å²) < 4.78 is 4.82. The van der Waals surface area contributed by atoms with Crippen molar-refractivity contribution in [2.75, 3.05) is 26.7 Å². The van der Waals surface area contributed by atoms with Gasteiger partial charge in [0.1, 0.15) is 6.04 Å². The molecule has 1 atom stereocenters. The third kappa shape index (κ3) is 3.08. The largest absolute Gasteiger partial charge is 0.467 e. The quantitative estimate of drug-likeness (QED) is 0.714. The van der Waals surface area contributed by atoms with Crippen molar-refractivity contribution >= 4 is 11.9 Å². The average molecular weight is 268 g/mol. The molecular formula is C14H24N2O3. The minimum Gasteiger partial charge on any atom is -0.467 e. The van der Waals surface area contributed by atoms with Gasteiger partial charge in [-0.3, -0.25) is 4.79 Å². The van der Waals surface area contributed by atoms with E-state index in [-0.39, 0.29) is 24.0 Å². The lowest BCUT2D eigenvalue weighted by atomic mass is 10.0. The summed E-state index contributed by atoms with van der Waals surface area (Å²) in [5, 5.41) is 0. The molecule has 1 unspecified atom stereocenters. The smallest absolute Gasteiger partial charge is 0.328 e. The van der Waals surface area contributed by atoms with E-state index in [0.29, 0.717) is 12.8 Å². The molecule has 2 fully saturated rings. The Morgan fingerprint density at radius 1 is 1.32 bits per heavy atom.